The molecule has 2 aliphatic rings. The Balaban J connectivity index is 1.28. The topological polar surface area (TPSA) is 71.9 Å². The first-order chi connectivity index (χ1) is 17.7. The molecule has 1 aromatic carbocycles. The lowest BCUT2D eigenvalue weighted by Gasteiger charge is -2.27. The van der Waals surface area contributed by atoms with Gasteiger partial charge in [-0.3, -0.25) is 14.7 Å². The number of fused-ring (bicyclic) bond motifs is 1. The molecule has 6 nitrogen and oxygen atoms in total. The zero-order valence-electron chi connectivity index (χ0n) is 22.5. The van der Waals surface area contributed by atoms with Crippen LogP contribution in [-0.4, -0.2) is 52.4 Å². The Morgan fingerprint density at radius 3 is 2.78 bits per heavy atom. The van der Waals surface area contributed by atoms with Crippen LogP contribution in [0.1, 0.15) is 87.0 Å². The van der Waals surface area contributed by atoms with Crippen molar-refractivity contribution in [3.63, 3.8) is 0 Å². The molecule has 1 aromatic heterocycles. The number of nitrogens with zero attached hydrogens (tertiary/aromatic N) is 2. The predicted molar refractivity (Wildman–Crippen MR) is 141 cm³/mol. The average molecular weight is 513 g/mol. The molecule has 2 heterocycles. The Morgan fingerprint density at radius 2 is 2.00 bits per heavy atom. The van der Waals surface area contributed by atoms with Crippen molar-refractivity contribution in [2.75, 3.05) is 19.7 Å². The lowest BCUT2D eigenvalue weighted by atomic mass is 9.95. The Kier molecular flexibility index (Phi) is 9.32. The number of rotatable bonds is 11. The van der Waals surface area contributed by atoms with E-state index in [-0.39, 0.29) is 18.3 Å². The van der Waals surface area contributed by atoms with Crippen molar-refractivity contribution < 1.29 is 23.8 Å². The molecule has 0 radical (unpaired) electrons. The van der Waals surface area contributed by atoms with Crippen LogP contribution >= 0.6 is 0 Å². The quantitative estimate of drug-likeness (QED) is 0.392. The SMILES string of the molecule is CC(C)(C)OCc1ccc(F)cc1C(C(=O)O)N1CC[C@@H](OCCCCc2ccc3c(n2)CCCC3)C1. The first-order valence-electron chi connectivity index (χ1n) is 13.7. The van der Waals surface area contributed by atoms with Crippen molar-refractivity contribution in [3.05, 3.63) is 64.2 Å². The van der Waals surface area contributed by atoms with Gasteiger partial charge >= 0.3 is 5.97 Å². The zero-order valence-corrected chi connectivity index (χ0v) is 22.5. The molecular formula is C30H41FN2O4. The van der Waals surface area contributed by atoms with Gasteiger partial charge in [0.05, 0.1) is 18.3 Å². The lowest BCUT2D eigenvalue weighted by molar-refractivity contribution is -0.143. The highest BCUT2D eigenvalue weighted by atomic mass is 19.1. The van der Waals surface area contributed by atoms with Gasteiger partial charge in [0.1, 0.15) is 11.9 Å². The number of hydrogen-bond donors (Lipinski definition) is 1. The van der Waals surface area contributed by atoms with E-state index in [9.17, 15) is 14.3 Å². The molecule has 7 heteroatoms. The number of ether oxygens (including phenoxy) is 2. The van der Waals surface area contributed by atoms with E-state index in [2.05, 4.69) is 12.1 Å². The third-order valence-corrected chi connectivity index (χ3v) is 7.26. The van der Waals surface area contributed by atoms with E-state index in [1.807, 2.05) is 25.7 Å². The van der Waals surface area contributed by atoms with Gasteiger partial charge in [0.15, 0.2) is 0 Å². The summed E-state index contributed by atoms with van der Waals surface area (Å²) in [6.07, 6.45) is 8.41. The van der Waals surface area contributed by atoms with E-state index in [1.54, 1.807) is 6.07 Å². The van der Waals surface area contributed by atoms with Crippen molar-refractivity contribution in [1.29, 1.82) is 0 Å². The maximum Gasteiger partial charge on any atom is 0.325 e. The summed E-state index contributed by atoms with van der Waals surface area (Å²) in [5.41, 5.74) is 4.63. The second-order valence-corrected chi connectivity index (χ2v) is 11.3. The van der Waals surface area contributed by atoms with Crippen LogP contribution in [-0.2, 0) is 40.1 Å². The first-order valence-corrected chi connectivity index (χ1v) is 13.7. The summed E-state index contributed by atoms with van der Waals surface area (Å²) >= 11 is 0. The molecule has 1 unspecified atom stereocenters. The van der Waals surface area contributed by atoms with Gasteiger partial charge in [-0.2, -0.15) is 0 Å². The molecule has 1 fully saturated rings. The maximum absolute atomic E-state index is 14.2. The Hall–Kier alpha value is -2.35. The minimum Gasteiger partial charge on any atom is -0.480 e. The predicted octanol–water partition coefficient (Wildman–Crippen LogP) is 5.65. The van der Waals surface area contributed by atoms with Crippen molar-refractivity contribution in [1.82, 2.24) is 9.88 Å². The Labute approximate surface area is 220 Å². The number of pyridine rings is 1. The van der Waals surface area contributed by atoms with Crippen LogP contribution in [0.4, 0.5) is 4.39 Å². The molecule has 2 atom stereocenters. The standard InChI is InChI=1S/C30H41FN2O4/c1-30(2,3)37-20-22-11-13-23(31)18-26(22)28(29(34)35)33-16-15-25(19-33)36-17-7-6-9-24-14-12-21-8-4-5-10-27(21)32-24/h11-14,18,25,28H,4-10,15-17,19-20H2,1-3H3,(H,34,35)/t25-,28?/m1/s1. The second kappa shape index (κ2) is 12.5. The number of aliphatic carboxylic acids is 1. The Morgan fingerprint density at radius 1 is 1.19 bits per heavy atom. The molecule has 4 rings (SSSR count). The first kappa shape index (κ1) is 27.7. The number of carbonyl (C=O) groups is 1. The van der Waals surface area contributed by atoms with Crippen molar-refractivity contribution in [2.24, 2.45) is 0 Å². The third-order valence-electron chi connectivity index (χ3n) is 7.26. The highest BCUT2D eigenvalue weighted by Crippen LogP contribution is 2.31. The van der Waals surface area contributed by atoms with Crippen LogP contribution in [0.25, 0.3) is 0 Å². The van der Waals surface area contributed by atoms with Gasteiger partial charge in [0.2, 0.25) is 0 Å². The fraction of sp³-hybridized carbons (Fsp3) is 0.600. The number of aromatic nitrogens is 1. The molecule has 1 N–H and O–H groups in total. The van der Waals surface area contributed by atoms with Crippen LogP contribution in [0, 0.1) is 5.82 Å². The number of halogens is 1. The monoisotopic (exact) mass is 512 g/mol. The largest absolute Gasteiger partial charge is 0.480 e. The number of carboxylic acids is 1. The number of hydrogen-bond acceptors (Lipinski definition) is 5. The molecule has 1 aliphatic carbocycles. The number of carboxylic acid groups (broad SMARTS) is 1. The van der Waals surface area contributed by atoms with Gasteiger partial charge in [-0.1, -0.05) is 12.1 Å². The van der Waals surface area contributed by atoms with E-state index in [0.29, 0.717) is 30.8 Å². The summed E-state index contributed by atoms with van der Waals surface area (Å²) in [6, 6.07) is 7.81. The fourth-order valence-electron chi connectivity index (χ4n) is 5.28. The van der Waals surface area contributed by atoms with Gasteiger partial charge in [-0.25, -0.2) is 4.39 Å². The molecule has 37 heavy (non-hydrogen) atoms. The van der Waals surface area contributed by atoms with Crippen molar-refractivity contribution >= 4 is 5.97 Å². The molecule has 0 saturated carbocycles. The van der Waals surface area contributed by atoms with Crippen LogP contribution in [0.2, 0.25) is 0 Å². The number of aryl methyl sites for hydroxylation is 3. The number of benzene rings is 1. The highest BCUT2D eigenvalue weighted by Gasteiger charge is 2.35. The minimum absolute atomic E-state index is 0.0217. The average Bonchev–Trinajstić information content (AvgIpc) is 3.30. The van der Waals surface area contributed by atoms with Gasteiger partial charge < -0.3 is 14.6 Å². The summed E-state index contributed by atoms with van der Waals surface area (Å²) in [5.74, 6) is -1.43. The summed E-state index contributed by atoms with van der Waals surface area (Å²) < 4.78 is 26.2. The highest BCUT2D eigenvalue weighted by molar-refractivity contribution is 5.76. The van der Waals surface area contributed by atoms with Crippen molar-refractivity contribution in [2.45, 2.75) is 96.5 Å². The van der Waals surface area contributed by atoms with Gasteiger partial charge in [0, 0.05) is 31.1 Å². The van der Waals surface area contributed by atoms with E-state index < -0.39 is 17.8 Å². The lowest BCUT2D eigenvalue weighted by Crippen LogP contribution is -2.34. The normalized spacial score (nSPS) is 19.1. The summed E-state index contributed by atoms with van der Waals surface area (Å²) in [4.78, 5) is 19.1. The molecule has 1 aliphatic heterocycles. The van der Waals surface area contributed by atoms with Crippen LogP contribution < -0.4 is 0 Å². The van der Waals surface area contributed by atoms with E-state index in [1.165, 1.54) is 41.9 Å². The summed E-state index contributed by atoms with van der Waals surface area (Å²) in [6.45, 7) is 7.81. The maximum atomic E-state index is 14.2. The van der Waals surface area contributed by atoms with E-state index in [4.69, 9.17) is 14.5 Å². The van der Waals surface area contributed by atoms with Gasteiger partial charge in [-0.15, -0.1) is 0 Å². The molecular weight excluding hydrogens is 471 g/mol. The van der Waals surface area contributed by atoms with Crippen LogP contribution in [0.15, 0.2) is 30.3 Å². The van der Waals surface area contributed by atoms with E-state index >= 15 is 0 Å². The fourth-order valence-corrected chi connectivity index (χ4v) is 5.28. The smallest absolute Gasteiger partial charge is 0.325 e. The van der Waals surface area contributed by atoms with Crippen LogP contribution in [0.3, 0.4) is 0 Å². The van der Waals surface area contributed by atoms with Gasteiger partial charge in [0.25, 0.3) is 0 Å². The minimum atomic E-state index is -0.985. The molecule has 0 spiro atoms. The number of likely N-dealkylation sites (tertiary alicyclic amines) is 1. The third kappa shape index (κ3) is 7.82. The molecule has 0 bridgehead atoms. The number of unbranched alkanes of at least 4 members (excludes halogenated alkanes) is 1. The molecule has 0 amide bonds. The second-order valence-electron chi connectivity index (χ2n) is 11.3. The molecule has 2 aromatic rings. The van der Waals surface area contributed by atoms with Crippen LogP contribution in [0.5, 0.6) is 0 Å². The summed E-state index contributed by atoms with van der Waals surface area (Å²) in [7, 11) is 0. The van der Waals surface area contributed by atoms with Crippen molar-refractivity contribution in [3.8, 4) is 0 Å². The Bertz CT molecular complexity index is 1070. The zero-order chi connectivity index (χ0) is 26.4. The van der Waals surface area contributed by atoms with Gasteiger partial charge in [-0.05, 0) is 107 Å². The molecule has 1 saturated heterocycles. The van der Waals surface area contributed by atoms with E-state index in [0.717, 1.165) is 38.5 Å². The summed E-state index contributed by atoms with van der Waals surface area (Å²) in [5, 5.41) is 10.1. The molecule has 202 valence electrons.